The molecule has 1 aromatic rings. The Balaban J connectivity index is 1.88. The lowest BCUT2D eigenvalue weighted by atomic mass is 9.87. The van der Waals surface area contributed by atoms with Gasteiger partial charge in [0.15, 0.2) is 0 Å². The van der Waals surface area contributed by atoms with Crippen molar-refractivity contribution < 1.29 is 14.6 Å². The second-order valence-electron chi connectivity index (χ2n) is 5.57. The van der Waals surface area contributed by atoms with E-state index in [1.165, 1.54) is 5.56 Å². The SMILES string of the molecule is COCCNC1(C(=O)O)CCN(Cc2ccccc2)CC1. The molecular formula is C16H24N2O3. The van der Waals surface area contributed by atoms with Crippen LogP contribution in [0.4, 0.5) is 0 Å². The lowest BCUT2D eigenvalue weighted by Gasteiger charge is -2.39. The van der Waals surface area contributed by atoms with Gasteiger partial charge >= 0.3 is 5.97 Å². The zero-order chi connectivity index (χ0) is 15.1. The van der Waals surface area contributed by atoms with E-state index in [1.807, 2.05) is 18.2 Å². The van der Waals surface area contributed by atoms with Crippen LogP contribution < -0.4 is 5.32 Å². The maximum Gasteiger partial charge on any atom is 0.323 e. The summed E-state index contributed by atoms with van der Waals surface area (Å²) in [6.45, 7) is 3.57. The smallest absolute Gasteiger partial charge is 0.323 e. The molecule has 5 heteroatoms. The van der Waals surface area contributed by atoms with Crippen LogP contribution in [0.5, 0.6) is 0 Å². The van der Waals surface area contributed by atoms with Gasteiger partial charge in [-0.05, 0) is 18.4 Å². The van der Waals surface area contributed by atoms with Crippen LogP contribution in [0.2, 0.25) is 0 Å². The van der Waals surface area contributed by atoms with Crippen molar-refractivity contribution in [2.45, 2.75) is 24.9 Å². The van der Waals surface area contributed by atoms with Gasteiger partial charge in [0.2, 0.25) is 0 Å². The van der Waals surface area contributed by atoms with Crippen LogP contribution in [0.25, 0.3) is 0 Å². The van der Waals surface area contributed by atoms with Gasteiger partial charge < -0.3 is 9.84 Å². The van der Waals surface area contributed by atoms with E-state index in [0.29, 0.717) is 26.0 Å². The van der Waals surface area contributed by atoms with Gasteiger partial charge in [-0.1, -0.05) is 30.3 Å². The molecule has 1 heterocycles. The van der Waals surface area contributed by atoms with E-state index in [-0.39, 0.29) is 0 Å². The summed E-state index contributed by atoms with van der Waals surface area (Å²) in [7, 11) is 1.62. The van der Waals surface area contributed by atoms with Crippen LogP contribution in [-0.4, -0.2) is 54.9 Å². The van der Waals surface area contributed by atoms with Gasteiger partial charge in [0.05, 0.1) is 6.61 Å². The van der Waals surface area contributed by atoms with Gasteiger partial charge in [0.25, 0.3) is 0 Å². The molecule has 1 aliphatic rings. The summed E-state index contributed by atoms with van der Waals surface area (Å²) in [5, 5.41) is 12.7. The van der Waals surface area contributed by atoms with E-state index in [9.17, 15) is 9.90 Å². The van der Waals surface area contributed by atoms with E-state index in [0.717, 1.165) is 19.6 Å². The van der Waals surface area contributed by atoms with Crippen LogP contribution in [0, 0.1) is 0 Å². The monoisotopic (exact) mass is 292 g/mol. The van der Waals surface area contributed by atoms with Crippen molar-refractivity contribution in [1.29, 1.82) is 0 Å². The molecule has 21 heavy (non-hydrogen) atoms. The normalized spacial score (nSPS) is 18.5. The third kappa shape index (κ3) is 4.27. The number of nitrogens with zero attached hydrogens (tertiary/aromatic N) is 1. The summed E-state index contributed by atoms with van der Waals surface area (Å²) in [6.07, 6.45) is 1.25. The average molecular weight is 292 g/mol. The summed E-state index contributed by atoms with van der Waals surface area (Å²) in [4.78, 5) is 13.9. The van der Waals surface area contributed by atoms with Gasteiger partial charge in [-0.15, -0.1) is 0 Å². The van der Waals surface area contributed by atoms with E-state index >= 15 is 0 Å². The summed E-state index contributed by atoms with van der Waals surface area (Å²) in [6, 6.07) is 10.3. The Morgan fingerprint density at radius 2 is 2.00 bits per heavy atom. The second-order valence-corrected chi connectivity index (χ2v) is 5.57. The van der Waals surface area contributed by atoms with Gasteiger partial charge in [-0.2, -0.15) is 0 Å². The van der Waals surface area contributed by atoms with E-state index < -0.39 is 11.5 Å². The molecule has 0 saturated carbocycles. The number of carboxylic acid groups (broad SMARTS) is 1. The van der Waals surface area contributed by atoms with Crippen LogP contribution in [0.3, 0.4) is 0 Å². The number of carbonyl (C=O) groups is 1. The predicted molar refractivity (Wildman–Crippen MR) is 81.2 cm³/mol. The first-order valence-electron chi connectivity index (χ1n) is 7.40. The van der Waals surface area contributed by atoms with Crippen molar-refractivity contribution >= 4 is 5.97 Å². The Hall–Kier alpha value is -1.43. The Morgan fingerprint density at radius 1 is 1.33 bits per heavy atom. The fraction of sp³-hybridized carbons (Fsp3) is 0.562. The van der Waals surface area contributed by atoms with Gasteiger partial charge in [-0.25, -0.2) is 0 Å². The Labute approximate surface area is 125 Å². The molecule has 1 aromatic carbocycles. The maximum atomic E-state index is 11.6. The minimum absolute atomic E-state index is 0.531. The summed E-state index contributed by atoms with van der Waals surface area (Å²) >= 11 is 0. The Morgan fingerprint density at radius 3 is 2.57 bits per heavy atom. The van der Waals surface area contributed by atoms with Crippen LogP contribution >= 0.6 is 0 Å². The number of carboxylic acids is 1. The van der Waals surface area contributed by atoms with Gasteiger partial charge in [0, 0.05) is 33.3 Å². The largest absolute Gasteiger partial charge is 0.480 e. The first kappa shape index (κ1) is 15.9. The topological polar surface area (TPSA) is 61.8 Å². The van der Waals surface area contributed by atoms with Crippen LogP contribution in [0.1, 0.15) is 18.4 Å². The number of methoxy groups -OCH3 is 1. The lowest BCUT2D eigenvalue weighted by molar-refractivity contribution is -0.147. The fourth-order valence-corrected chi connectivity index (χ4v) is 2.79. The molecule has 116 valence electrons. The van der Waals surface area contributed by atoms with Crippen molar-refractivity contribution in [3.05, 3.63) is 35.9 Å². The molecule has 0 aromatic heterocycles. The molecule has 0 bridgehead atoms. The lowest BCUT2D eigenvalue weighted by Crippen LogP contribution is -2.58. The Bertz CT molecular complexity index is 442. The maximum absolute atomic E-state index is 11.6. The molecule has 0 atom stereocenters. The van der Waals surface area contributed by atoms with Gasteiger partial charge in [-0.3, -0.25) is 15.0 Å². The minimum Gasteiger partial charge on any atom is -0.480 e. The van der Waals surface area contributed by atoms with Crippen molar-refractivity contribution in [1.82, 2.24) is 10.2 Å². The third-order valence-electron chi connectivity index (χ3n) is 4.14. The van der Waals surface area contributed by atoms with Crippen molar-refractivity contribution in [3.63, 3.8) is 0 Å². The minimum atomic E-state index is -0.800. The molecule has 1 saturated heterocycles. The van der Waals surface area contributed by atoms with Crippen molar-refractivity contribution in [2.24, 2.45) is 0 Å². The van der Waals surface area contributed by atoms with Crippen molar-refractivity contribution in [3.8, 4) is 0 Å². The number of ether oxygens (including phenoxy) is 1. The molecule has 1 aliphatic heterocycles. The highest BCUT2D eigenvalue weighted by atomic mass is 16.5. The highest BCUT2D eigenvalue weighted by Crippen LogP contribution is 2.23. The number of hydrogen-bond acceptors (Lipinski definition) is 4. The second kappa shape index (κ2) is 7.54. The average Bonchev–Trinajstić information content (AvgIpc) is 2.50. The third-order valence-corrected chi connectivity index (χ3v) is 4.14. The number of rotatable bonds is 7. The van der Waals surface area contributed by atoms with Crippen molar-refractivity contribution in [2.75, 3.05) is 33.4 Å². The van der Waals surface area contributed by atoms with E-state index in [4.69, 9.17) is 4.74 Å². The van der Waals surface area contributed by atoms with Crippen LogP contribution in [0.15, 0.2) is 30.3 Å². The number of hydrogen-bond donors (Lipinski definition) is 2. The quantitative estimate of drug-likeness (QED) is 0.743. The highest BCUT2D eigenvalue weighted by molar-refractivity contribution is 5.79. The molecule has 2 N–H and O–H groups in total. The Kier molecular flexibility index (Phi) is 5.73. The number of likely N-dealkylation sites (tertiary alicyclic amines) is 1. The molecule has 0 amide bonds. The van der Waals surface area contributed by atoms with Crippen LogP contribution in [-0.2, 0) is 16.1 Å². The zero-order valence-electron chi connectivity index (χ0n) is 12.5. The molecular weight excluding hydrogens is 268 g/mol. The number of nitrogens with one attached hydrogen (secondary N) is 1. The number of benzene rings is 1. The number of piperidine rings is 1. The highest BCUT2D eigenvalue weighted by Gasteiger charge is 2.40. The first-order chi connectivity index (χ1) is 10.2. The standard InChI is InChI=1S/C16H24N2O3/c1-21-12-9-17-16(15(19)20)7-10-18(11-8-16)13-14-5-3-2-4-6-14/h2-6,17H,7-13H2,1H3,(H,19,20). The summed E-state index contributed by atoms with van der Waals surface area (Å²) in [5.41, 5.74) is 0.471. The number of aliphatic carboxylic acids is 1. The molecule has 0 unspecified atom stereocenters. The molecule has 2 rings (SSSR count). The molecule has 5 nitrogen and oxygen atoms in total. The molecule has 1 fully saturated rings. The zero-order valence-corrected chi connectivity index (χ0v) is 12.5. The van der Waals surface area contributed by atoms with E-state index in [2.05, 4.69) is 22.3 Å². The van der Waals surface area contributed by atoms with Gasteiger partial charge in [0.1, 0.15) is 5.54 Å². The van der Waals surface area contributed by atoms with E-state index in [1.54, 1.807) is 7.11 Å². The fourth-order valence-electron chi connectivity index (χ4n) is 2.79. The molecule has 0 radical (unpaired) electrons. The molecule has 0 aliphatic carbocycles. The summed E-state index contributed by atoms with van der Waals surface area (Å²) in [5.74, 6) is -0.752. The first-order valence-corrected chi connectivity index (χ1v) is 7.40. The summed E-state index contributed by atoms with van der Waals surface area (Å²) < 4.78 is 4.99. The molecule has 0 spiro atoms. The predicted octanol–water partition coefficient (Wildman–Crippen LogP) is 1.34.